The summed E-state index contributed by atoms with van der Waals surface area (Å²) in [5, 5.41) is 3.43. The lowest BCUT2D eigenvalue weighted by molar-refractivity contribution is 0.0827. The van der Waals surface area contributed by atoms with Crippen LogP contribution < -0.4 is 5.32 Å². The third-order valence-corrected chi connectivity index (χ3v) is 4.20. The number of hydrogen-bond donors (Lipinski definition) is 1. The van der Waals surface area contributed by atoms with Gasteiger partial charge in [0, 0.05) is 38.6 Å². The van der Waals surface area contributed by atoms with E-state index < -0.39 is 0 Å². The molecule has 0 aromatic carbocycles. The summed E-state index contributed by atoms with van der Waals surface area (Å²) in [6, 6.07) is 7.93. The van der Waals surface area contributed by atoms with Crippen LogP contribution >= 0.6 is 0 Å². The van der Waals surface area contributed by atoms with Gasteiger partial charge in [-0.1, -0.05) is 0 Å². The molecule has 0 saturated carbocycles. The highest BCUT2D eigenvalue weighted by Crippen LogP contribution is 2.22. The van der Waals surface area contributed by atoms with Crippen LogP contribution in [0.3, 0.4) is 0 Å². The summed E-state index contributed by atoms with van der Waals surface area (Å²) in [5.74, 6) is 1.10. The minimum absolute atomic E-state index is 0.0474. The number of anilines is 1. The molecule has 3 heterocycles. The number of ether oxygens (including phenoxy) is 1. The topological polar surface area (TPSA) is 67.4 Å². The average Bonchev–Trinajstić information content (AvgIpc) is 3.02. The van der Waals surface area contributed by atoms with Gasteiger partial charge < -0.3 is 15.0 Å². The fraction of sp³-hybridized carbons (Fsp3) is 0.389. The van der Waals surface area contributed by atoms with E-state index in [1.54, 1.807) is 31.3 Å². The molecule has 0 radical (unpaired) electrons. The summed E-state index contributed by atoms with van der Waals surface area (Å²) in [6.45, 7) is 1.40. The molecule has 0 unspecified atom stereocenters. The van der Waals surface area contributed by atoms with Crippen molar-refractivity contribution in [2.45, 2.75) is 12.5 Å². The summed E-state index contributed by atoms with van der Waals surface area (Å²) >= 11 is 0. The van der Waals surface area contributed by atoms with E-state index in [1.165, 1.54) is 5.56 Å². The smallest absolute Gasteiger partial charge is 0.254 e. The molecule has 126 valence electrons. The fourth-order valence-electron chi connectivity index (χ4n) is 2.83. The zero-order valence-corrected chi connectivity index (χ0v) is 14.0. The van der Waals surface area contributed by atoms with Gasteiger partial charge in [0.2, 0.25) is 0 Å². The minimum Gasteiger partial charge on any atom is -0.379 e. The number of nitrogens with zero attached hydrogens (tertiary/aromatic N) is 3. The second-order valence-electron chi connectivity index (χ2n) is 6.24. The molecule has 1 saturated heterocycles. The fourth-order valence-corrected chi connectivity index (χ4v) is 2.83. The van der Waals surface area contributed by atoms with Crippen LogP contribution in [0.15, 0.2) is 42.9 Å². The van der Waals surface area contributed by atoms with Crippen molar-refractivity contribution in [3.05, 3.63) is 54.0 Å². The Labute approximate surface area is 141 Å². The maximum Gasteiger partial charge on any atom is 0.254 e. The van der Waals surface area contributed by atoms with Crippen molar-refractivity contribution >= 4 is 11.7 Å². The van der Waals surface area contributed by atoms with Gasteiger partial charge in [0.15, 0.2) is 0 Å². The Hall–Kier alpha value is -2.47. The lowest BCUT2D eigenvalue weighted by atomic mass is 9.95. The van der Waals surface area contributed by atoms with E-state index in [0.29, 0.717) is 18.1 Å². The molecule has 0 aliphatic carbocycles. The number of aromatic nitrogens is 2. The van der Waals surface area contributed by atoms with Gasteiger partial charge in [0.1, 0.15) is 5.82 Å². The first-order chi connectivity index (χ1) is 11.6. The van der Waals surface area contributed by atoms with E-state index in [9.17, 15) is 4.79 Å². The SMILES string of the molecule is CN(C)C(=O)c1ccc(N[C@H]2COC[C@H]2Cc2ccncc2)nc1. The number of hydrogen-bond acceptors (Lipinski definition) is 5. The molecule has 6 heteroatoms. The second kappa shape index (κ2) is 7.40. The first-order valence-corrected chi connectivity index (χ1v) is 8.04. The molecule has 2 aromatic heterocycles. The van der Waals surface area contributed by atoms with Gasteiger partial charge in [-0.25, -0.2) is 4.98 Å². The molecule has 1 fully saturated rings. The van der Waals surface area contributed by atoms with Gasteiger partial charge in [-0.15, -0.1) is 0 Å². The zero-order chi connectivity index (χ0) is 16.9. The van der Waals surface area contributed by atoms with Gasteiger partial charge in [-0.05, 0) is 36.2 Å². The van der Waals surface area contributed by atoms with Crippen molar-refractivity contribution in [3.63, 3.8) is 0 Å². The van der Waals surface area contributed by atoms with Crippen molar-refractivity contribution < 1.29 is 9.53 Å². The van der Waals surface area contributed by atoms with Crippen LogP contribution in [-0.2, 0) is 11.2 Å². The highest BCUT2D eigenvalue weighted by Gasteiger charge is 2.28. The Kier molecular flexibility index (Phi) is 5.05. The van der Waals surface area contributed by atoms with E-state index in [0.717, 1.165) is 18.8 Å². The lowest BCUT2D eigenvalue weighted by Crippen LogP contribution is -2.29. The molecule has 24 heavy (non-hydrogen) atoms. The number of rotatable bonds is 5. The maximum atomic E-state index is 11.9. The van der Waals surface area contributed by atoms with Gasteiger partial charge in [-0.2, -0.15) is 0 Å². The standard InChI is InChI=1S/C18H22N4O2/c1-22(2)18(23)14-3-4-17(20-10-14)21-16-12-24-11-15(16)9-13-5-7-19-8-6-13/h3-8,10,15-16H,9,11-12H2,1-2H3,(H,20,21)/t15-,16+/m1/s1. The molecule has 6 nitrogen and oxygen atoms in total. The van der Waals surface area contributed by atoms with Crippen molar-refractivity contribution in [2.75, 3.05) is 32.6 Å². The van der Waals surface area contributed by atoms with E-state index in [2.05, 4.69) is 15.3 Å². The molecule has 3 rings (SSSR count). The molecule has 1 N–H and O–H groups in total. The van der Waals surface area contributed by atoms with E-state index >= 15 is 0 Å². The number of amides is 1. The van der Waals surface area contributed by atoms with E-state index in [4.69, 9.17) is 4.74 Å². The molecule has 0 bridgehead atoms. The molecule has 2 aromatic rings. The molecule has 1 aliphatic rings. The van der Waals surface area contributed by atoms with Crippen LogP contribution in [0.5, 0.6) is 0 Å². The van der Waals surface area contributed by atoms with Gasteiger partial charge in [0.05, 0.1) is 24.8 Å². The molecular weight excluding hydrogens is 304 g/mol. The van der Waals surface area contributed by atoms with Gasteiger partial charge in [0.25, 0.3) is 5.91 Å². The van der Waals surface area contributed by atoms with Gasteiger partial charge in [-0.3, -0.25) is 9.78 Å². The molecule has 2 atom stereocenters. The summed E-state index contributed by atoms with van der Waals surface area (Å²) < 4.78 is 5.64. The van der Waals surface area contributed by atoms with Crippen LogP contribution in [-0.4, -0.2) is 54.1 Å². The van der Waals surface area contributed by atoms with Crippen molar-refractivity contribution in [1.82, 2.24) is 14.9 Å². The Balaban J connectivity index is 1.63. The second-order valence-corrected chi connectivity index (χ2v) is 6.24. The van der Waals surface area contributed by atoms with E-state index in [1.807, 2.05) is 30.6 Å². The molecule has 1 aliphatic heterocycles. The van der Waals surface area contributed by atoms with Crippen molar-refractivity contribution in [2.24, 2.45) is 5.92 Å². The maximum absolute atomic E-state index is 11.9. The first kappa shape index (κ1) is 16.4. The molecule has 1 amide bonds. The summed E-state index contributed by atoms with van der Waals surface area (Å²) in [4.78, 5) is 21.9. The predicted octanol–water partition coefficient (Wildman–Crippen LogP) is 1.85. The highest BCUT2D eigenvalue weighted by atomic mass is 16.5. The zero-order valence-electron chi connectivity index (χ0n) is 14.0. The van der Waals surface area contributed by atoms with E-state index in [-0.39, 0.29) is 11.9 Å². The Morgan fingerprint density at radius 2 is 2.04 bits per heavy atom. The summed E-state index contributed by atoms with van der Waals surface area (Å²) in [5.41, 5.74) is 1.84. The number of carbonyl (C=O) groups excluding carboxylic acids is 1. The molecule has 0 spiro atoms. The first-order valence-electron chi connectivity index (χ1n) is 8.04. The van der Waals surface area contributed by atoms with Gasteiger partial charge >= 0.3 is 0 Å². The predicted molar refractivity (Wildman–Crippen MR) is 91.9 cm³/mol. The number of nitrogens with one attached hydrogen (secondary N) is 1. The Morgan fingerprint density at radius 1 is 1.25 bits per heavy atom. The van der Waals surface area contributed by atoms with Crippen LogP contribution in [0, 0.1) is 5.92 Å². The summed E-state index contributed by atoms with van der Waals surface area (Å²) in [6.07, 6.45) is 6.18. The monoisotopic (exact) mass is 326 g/mol. The number of pyridine rings is 2. The average molecular weight is 326 g/mol. The summed E-state index contributed by atoms with van der Waals surface area (Å²) in [7, 11) is 3.46. The third kappa shape index (κ3) is 3.89. The Bertz CT molecular complexity index is 673. The van der Waals surface area contributed by atoms with Crippen LogP contribution in [0.1, 0.15) is 15.9 Å². The van der Waals surface area contributed by atoms with Crippen LogP contribution in [0.2, 0.25) is 0 Å². The normalized spacial score (nSPS) is 19.9. The van der Waals surface area contributed by atoms with Crippen LogP contribution in [0.25, 0.3) is 0 Å². The Morgan fingerprint density at radius 3 is 2.71 bits per heavy atom. The minimum atomic E-state index is -0.0474. The lowest BCUT2D eigenvalue weighted by Gasteiger charge is -2.20. The quantitative estimate of drug-likeness (QED) is 0.908. The van der Waals surface area contributed by atoms with Crippen molar-refractivity contribution in [1.29, 1.82) is 0 Å². The largest absolute Gasteiger partial charge is 0.379 e. The molecular formula is C18H22N4O2. The highest BCUT2D eigenvalue weighted by molar-refractivity contribution is 5.93. The number of carbonyl (C=O) groups is 1. The van der Waals surface area contributed by atoms with Crippen LogP contribution in [0.4, 0.5) is 5.82 Å². The third-order valence-electron chi connectivity index (χ3n) is 4.20. The van der Waals surface area contributed by atoms with Crippen molar-refractivity contribution in [3.8, 4) is 0 Å².